The molecular weight excluding hydrogens is 370 g/mol. The highest BCUT2D eigenvalue weighted by Gasteiger charge is 2.25. The Labute approximate surface area is 169 Å². The van der Waals surface area contributed by atoms with Crippen LogP contribution in [0, 0.1) is 0 Å². The van der Waals surface area contributed by atoms with Crippen LogP contribution in [-0.4, -0.2) is 15.3 Å². The third-order valence-corrected chi connectivity index (χ3v) is 4.93. The molecule has 4 aromatic rings. The first kappa shape index (κ1) is 18.3. The summed E-state index contributed by atoms with van der Waals surface area (Å²) in [4.78, 5) is 20.1. The van der Waals surface area contributed by atoms with Gasteiger partial charge in [-0.1, -0.05) is 67.1 Å². The van der Waals surface area contributed by atoms with Gasteiger partial charge >= 0.3 is 0 Å². The predicted octanol–water partition coefficient (Wildman–Crippen LogP) is 5.40. The van der Waals surface area contributed by atoms with Gasteiger partial charge in [-0.3, -0.25) is 9.20 Å². The summed E-state index contributed by atoms with van der Waals surface area (Å²) in [6.45, 7) is 2.48. The molecule has 0 aliphatic carbocycles. The Kier molecular flexibility index (Phi) is 5.13. The van der Waals surface area contributed by atoms with E-state index in [1.54, 1.807) is 17.0 Å². The second-order valence-corrected chi connectivity index (χ2v) is 6.98. The van der Waals surface area contributed by atoms with Crippen LogP contribution in [0.4, 0.5) is 5.69 Å². The summed E-state index contributed by atoms with van der Waals surface area (Å²) in [6.07, 6.45) is 2.47. The van der Waals surface area contributed by atoms with Gasteiger partial charge in [0.1, 0.15) is 11.3 Å². The third kappa shape index (κ3) is 3.51. The Bertz CT molecular complexity index is 1110. The monoisotopic (exact) mass is 389 g/mol. The van der Waals surface area contributed by atoms with E-state index < -0.39 is 0 Å². The van der Waals surface area contributed by atoms with Gasteiger partial charge in [-0.15, -0.1) is 0 Å². The second-order valence-electron chi connectivity index (χ2n) is 6.55. The van der Waals surface area contributed by atoms with Gasteiger partial charge in [-0.25, -0.2) is 4.98 Å². The van der Waals surface area contributed by atoms with E-state index in [2.05, 4.69) is 4.98 Å². The second kappa shape index (κ2) is 7.87. The number of hydrogen-bond acceptors (Lipinski definition) is 2. The minimum absolute atomic E-state index is 0.0817. The van der Waals surface area contributed by atoms with Gasteiger partial charge in [0.25, 0.3) is 5.91 Å². The zero-order chi connectivity index (χ0) is 19.5. The van der Waals surface area contributed by atoms with Crippen molar-refractivity contribution in [1.29, 1.82) is 0 Å². The van der Waals surface area contributed by atoms with Crippen LogP contribution in [0.25, 0.3) is 5.65 Å². The zero-order valence-electron chi connectivity index (χ0n) is 15.5. The highest BCUT2D eigenvalue weighted by Crippen LogP contribution is 2.24. The summed E-state index contributed by atoms with van der Waals surface area (Å²) < 4.78 is 1.83. The average Bonchev–Trinajstić information content (AvgIpc) is 3.10. The van der Waals surface area contributed by atoms with Crippen LogP contribution in [0.15, 0.2) is 79.0 Å². The van der Waals surface area contributed by atoms with Gasteiger partial charge in [0.15, 0.2) is 0 Å². The summed E-state index contributed by atoms with van der Waals surface area (Å²) in [7, 11) is 0. The molecule has 5 heteroatoms. The quantitative estimate of drug-likeness (QED) is 0.458. The average molecular weight is 390 g/mol. The molecule has 0 spiro atoms. The normalized spacial score (nSPS) is 10.9. The Morgan fingerprint density at radius 2 is 1.71 bits per heavy atom. The van der Waals surface area contributed by atoms with Crippen LogP contribution in [0.2, 0.25) is 5.02 Å². The highest BCUT2D eigenvalue weighted by molar-refractivity contribution is 6.30. The molecule has 0 radical (unpaired) electrons. The topological polar surface area (TPSA) is 37.6 Å². The lowest BCUT2D eigenvalue weighted by Crippen LogP contribution is -2.32. The number of fused-ring (bicyclic) bond motifs is 1. The van der Waals surface area contributed by atoms with Gasteiger partial charge in [0, 0.05) is 23.0 Å². The van der Waals surface area contributed by atoms with Crippen molar-refractivity contribution in [3.05, 3.63) is 101 Å². The number of hydrogen-bond donors (Lipinski definition) is 0. The minimum Gasteiger partial charge on any atom is -0.303 e. The molecule has 4 rings (SSSR count). The summed E-state index contributed by atoms with van der Waals surface area (Å²) in [5, 5.41) is 0.600. The molecule has 0 bridgehead atoms. The van der Waals surface area contributed by atoms with Crippen LogP contribution in [-0.2, 0) is 13.0 Å². The number of aromatic nitrogens is 2. The lowest BCUT2D eigenvalue weighted by molar-refractivity contribution is 0.0978. The minimum atomic E-state index is -0.0817. The number of nitrogens with zero attached hydrogens (tertiary/aromatic N) is 3. The smallest absolute Gasteiger partial charge is 0.277 e. The molecule has 0 saturated carbocycles. The van der Waals surface area contributed by atoms with E-state index in [1.807, 2.05) is 78.2 Å². The van der Waals surface area contributed by atoms with Crippen molar-refractivity contribution in [2.45, 2.75) is 19.9 Å². The molecule has 0 aliphatic rings. The first-order valence-corrected chi connectivity index (χ1v) is 9.62. The van der Waals surface area contributed by atoms with Crippen molar-refractivity contribution >= 4 is 28.8 Å². The SMILES string of the molecule is CCc1nc2cc(Cl)ccn2c1C(=O)N(Cc1ccccc1)c1ccccc1. The summed E-state index contributed by atoms with van der Waals surface area (Å²) in [6, 6.07) is 23.3. The molecule has 1 amide bonds. The van der Waals surface area contributed by atoms with Crippen LogP contribution >= 0.6 is 11.6 Å². The molecule has 0 saturated heterocycles. The van der Waals surface area contributed by atoms with E-state index in [1.165, 1.54) is 0 Å². The van der Waals surface area contributed by atoms with Crippen molar-refractivity contribution in [2.75, 3.05) is 4.90 Å². The number of imidazole rings is 1. The molecular formula is C23H20ClN3O. The van der Waals surface area contributed by atoms with E-state index in [9.17, 15) is 4.79 Å². The van der Waals surface area contributed by atoms with E-state index in [-0.39, 0.29) is 5.91 Å². The number of carbonyl (C=O) groups is 1. The summed E-state index contributed by atoms with van der Waals surface area (Å²) in [5.74, 6) is -0.0817. The van der Waals surface area contributed by atoms with Crippen molar-refractivity contribution in [2.24, 2.45) is 0 Å². The van der Waals surface area contributed by atoms with Gasteiger partial charge < -0.3 is 4.90 Å². The van der Waals surface area contributed by atoms with E-state index in [0.29, 0.717) is 29.3 Å². The summed E-state index contributed by atoms with van der Waals surface area (Å²) >= 11 is 6.12. The van der Waals surface area contributed by atoms with Crippen LogP contribution in [0.5, 0.6) is 0 Å². The molecule has 28 heavy (non-hydrogen) atoms. The first-order valence-electron chi connectivity index (χ1n) is 9.24. The lowest BCUT2D eigenvalue weighted by atomic mass is 10.1. The van der Waals surface area contributed by atoms with Gasteiger partial charge in [-0.05, 0) is 30.2 Å². The maximum Gasteiger partial charge on any atom is 0.277 e. The largest absolute Gasteiger partial charge is 0.303 e. The standard InChI is InChI=1S/C23H20ClN3O/c1-2-20-22(26-14-13-18(24)15-21(26)25-20)23(28)27(19-11-7-4-8-12-19)16-17-9-5-3-6-10-17/h3-15H,2,16H2,1H3. The van der Waals surface area contributed by atoms with E-state index in [0.717, 1.165) is 16.9 Å². The highest BCUT2D eigenvalue weighted by atomic mass is 35.5. The van der Waals surface area contributed by atoms with Crippen LogP contribution < -0.4 is 4.90 Å². The molecule has 0 fully saturated rings. The number of carbonyl (C=O) groups excluding carboxylic acids is 1. The van der Waals surface area contributed by atoms with Gasteiger partial charge in [-0.2, -0.15) is 0 Å². The van der Waals surface area contributed by atoms with Crippen molar-refractivity contribution in [3.63, 3.8) is 0 Å². The number of halogens is 1. The zero-order valence-corrected chi connectivity index (χ0v) is 16.3. The van der Waals surface area contributed by atoms with E-state index in [4.69, 9.17) is 11.6 Å². The van der Waals surface area contributed by atoms with Crippen molar-refractivity contribution in [1.82, 2.24) is 9.38 Å². The molecule has 0 aliphatic heterocycles. The molecule has 2 aromatic carbocycles. The Balaban J connectivity index is 1.83. The van der Waals surface area contributed by atoms with Crippen LogP contribution in [0.1, 0.15) is 28.7 Å². The van der Waals surface area contributed by atoms with E-state index >= 15 is 0 Å². The van der Waals surface area contributed by atoms with Crippen molar-refractivity contribution in [3.8, 4) is 0 Å². The first-order chi connectivity index (χ1) is 13.7. The molecule has 2 aromatic heterocycles. The molecule has 2 heterocycles. The molecule has 0 unspecified atom stereocenters. The molecule has 0 atom stereocenters. The fraction of sp³-hybridized carbons (Fsp3) is 0.130. The fourth-order valence-electron chi connectivity index (χ4n) is 3.32. The predicted molar refractivity (Wildman–Crippen MR) is 113 cm³/mol. The Morgan fingerprint density at radius 1 is 1.04 bits per heavy atom. The maximum absolute atomic E-state index is 13.7. The number of aryl methyl sites for hydroxylation is 1. The fourth-order valence-corrected chi connectivity index (χ4v) is 3.48. The number of rotatable bonds is 5. The summed E-state index contributed by atoms with van der Waals surface area (Å²) in [5.41, 5.74) is 3.94. The van der Waals surface area contributed by atoms with Gasteiger partial charge in [0.2, 0.25) is 0 Å². The third-order valence-electron chi connectivity index (χ3n) is 4.69. The number of pyridine rings is 1. The van der Waals surface area contributed by atoms with Gasteiger partial charge in [0.05, 0.1) is 12.2 Å². The number of anilines is 1. The molecule has 140 valence electrons. The Hall–Kier alpha value is -3.11. The van der Waals surface area contributed by atoms with Crippen LogP contribution in [0.3, 0.4) is 0 Å². The number of amides is 1. The van der Waals surface area contributed by atoms with Crippen molar-refractivity contribution < 1.29 is 4.79 Å². The molecule has 4 nitrogen and oxygen atoms in total. The Morgan fingerprint density at radius 3 is 2.39 bits per heavy atom. The lowest BCUT2D eigenvalue weighted by Gasteiger charge is -2.23. The molecule has 0 N–H and O–H groups in total. The maximum atomic E-state index is 13.7. The number of benzene rings is 2. The number of para-hydroxylation sites is 1.